The second-order valence-electron chi connectivity index (χ2n) is 3.72. The van der Waals surface area contributed by atoms with Gasteiger partial charge in [0.05, 0.1) is 5.60 Å². The molecule has 0 aliphatic carbocycles. The van der Waals surface area contributed by atoms with Crippen molar-refractivity contribution < 1.29 is 9.84 Å². The van der Waals surface area contributed by atoms with Crippen LogP contribution in [0.2, 0.25) is 0 Å². The molecular weight excluding hydrogens is 196 g/mol. The van der Waals surface area contributed by atoms with Gasteiger partial charge in [-0.15, -0.1) is 11.3 Å². The largest absolute Gasteiger partial charge is 0.385 e. The van der Waals surface area contributed by atoms with E-state index in [9.17, 15) is 5.11 Å². The van der Waals surface area contributed by atoms with Gasteiger partial charge in [0.1, 0.15) is 6.10 Å². The molecule has 1 aromatic heterocycles. The van der Waals surface area contributed by atoms with Crippen LogP contribution in [0, 0.1) is 6.92 Å². The molecule has 0 aliphatic rings. The lowest BCUT2D eigenvalue weighted by Crippen LogP contribution is -2.33. The number of hydrogen-bond donors (Lipinski definition) is 1. The van der Waals surface area contributed by atoms with Gasteiger partial charge in [-0.2, -0.15) is 0 Å². The zero-order valence-corrected chi connectivity index (χ0v) is 10.0. The number of methoxy groups -OCH3 is 1. The van der Waals surface area contributed by atoms with Crippen LogP contribution in [0.25, 0.3) is 0 Å². The first-order valence-electron chi connectivity index (χ1n) is 4.83. The maximum atomic E-state index is 10.1. The number of rotatable bonds is 4. The van der Waals surface area contributed by atoms with Crippen LogP contribution in [0.1, 0.15) is 36.1 Å². The van der Waals surface area contributed by atoms with Crippen molar-refractivity contribution >= 4 is 11.3 Å². The van der Waals surface area contributed by atoms with Crippen molar-refractivity contribution in [3.63, 3.8) is 0 Å². The van der Waals surface area contributed by atoms with Crippen LogP contribution in [-0.4, -0.2) is 17.8 Å². The van der Waals surface area contributed by atoms with E-state index in [0.717, 1.165) is 11.3 Å². The normalized spacial score (nSPS) is 17.8. The molecule has 0 aromatic carbocycles. The molecule has 80 valence electrons. The minimum atomic E-state index is -0.531. The molecule has 0 saturated heterocycles. The molecule has 0 radical (unpaired) electrons. The third-order valence-electron chi connectivity index (χ3n) is 2.78. The summed E-state index contributed by atoms with van der Waals surface area (Å²) in [5.74, 6) is 0. The summed E-state index contributed by atoms with van der Waals surface area (Å²) in [6.07, 6.45) is 0.262. The molecule has 0 fully saturated rings. The monoisotopic (exact) mass is 214 g/mol. The Morgan fingerprint density at radius 2 is 2.21 bits per heavy atom. The summed E-state index contributed by atoms with van der Waals surface area (Å²) in [7, 11) is 1.65. The van der Waals surface area contributed by atoms with Gasteiger partial charge >= 0.3 is 0 Å². The summed E-state index contributed by atoms with van der Waals surface area (Å²) >= 11 is 1.62. The van der Waals surface area contributed by atoms with Crippen molar-refractivity contribution in [3.8, 4) is 0 Å². The van der Waals surface area contributed by atoms with Crippen molar-refractivity contribution in [2.45, 2.75) is 38.9 Å². The highest BCUT2D eigenvalue weighted by Gasteiger charge is 2.32. The fourth-order valence-corrected chi connectivity index (χ4v) is 2.36. The van der Waals surface area contributed by atoms with Crippen molar-refractivity contribution in [1.82, 2.24) is 0 Å². The van der Waals surface area contributed by atoms with Crippen LogP contribution in [0.5, 0.6) is 0 Å². The van der Waals surface area contributed by atoms with Crippen molar-refractivity contribution in [2.75, 3.05) is 7.11 Å². The Labute approximate surface area is 89.5 Å². The van der Waals surface area contributed by atoms with Gasteiger partial charge in [-0.05, 0) is 32.4 Å². The number of hydrogen-bond acceptors (Lipinski definition) is 3. The van der Waals surface area contributed by atoms with E-state index in [-0.39, 0.29) is 0 Å². The lowest BCUT2D eigenvalue weighted by molar-refractivity contribution is -0.0929. The lowest BCUT2D eigenvalue weighted by Gasteiger charge is -2.31. The Kier molecular flexibility index (Phi) is 3.70. The van der Waals surface area contributed by atoms with E-state index in [0.29, 0.717) is 0 Å². The predicted octanol–water partition coefficient (Wildman–Crippen LogP) is 2.91. The number of ether oxygens (including phenoxy) is 1. The molecule has 0 amide bonds. The fraction of sp³-hybridized carbons (Fsp3) is 0.636. The number of aryl methyl sites for hydroxylation is 1. The average molecular weight is 214 g/mol. The summed E-state index contributed by atoms with van der Waals surface area (Å²) in [5.41, 5.74) is -0.475. The highest BCUT2D eigenvalue weighted by molar-refractivity contribution is 7.12. The first-order chi connectivity index (χ1) is 6.53. The molecule has 2 unspecified atom stereocenters. The molecule has 0 saturated carbocycles. The third kappa shape index (κ3) is 2.16. The van der Waals surface area contributed by atoms with Crippen molar-refractivity contribution in [1.29, 1.82) is 0 Å². The molecule has 2 nitrogen and oxygen atoms in total. The smallest absolute Gasteiger partial charge is 0.117 e. The zero-order valence-electron chi connectivity index (χ0n) is 9.20. The van der Waals surface area contributed by atoms with E-state index in [1.54, 1.807) is 18.4 Å². The Balaban J connectivity index is 2.88. The van der Waals surface area contributed by atoms with Gasteiger partial charge in [0, 0.05) is 16.9 Å². The maximum Gasteiger partial charge on any atom is 0.117 e. The first kappa shape index (κ1) is 11.7. The summed E-state index contributed by atoms with van der Waals surface area (Å²) in [5, 5.41) is 10.1. The van der Waals surface area contributed by atoms with Crippen molar-refractivity contribution in [3.05, 3.63) is 21.9 Å². The highest BCUT2D eigenvalue weighted by atomic mass is 32.1. The van der Waals surface area contributed by atoms with E-state index in [1.165, 1.54) is 4.88 Å². The van der Waals surface area contributed by atoms with Crippen LogP contribution in [0.3, 0.4) is 0 Å². The Morgan fingerprint density at radius 3 is 2.57 bits per heavy atom. The van der Waals surface area contributed by atoms with Gasteiger partial charge in [0.15, 0.2) is 0 Å². The van der Waals surface area contributed by atoms with Gasteiger partial charge in [-0.25, -0.2) is 0 Å². The van der Waals surface area contributed by atoms with E-state index in [4.69, 9.17) is 4.74 Å². The topological polar surface area (TPSA) is 29.5 Å². The molecule has 1 aromatic rings. The Hall–Kier alpha value is -0.380. The predicted molar refractivity (Wildman–Crippen MR) is 59.7 cm³/mol. The molecule has 0 spiro atoms. The lowest BCUT2D eigenvalue weighted by atomic mass is 9.94. The van der Waals surface area contributed by atoms with Crippen LogP contribution in [0.4, 0.5) is 0 Å². The minimum Gasteiger partial charge on any atom is -0.385 e. The van der Waals surface area contributed by atoms with E-state index in [2.05, 4.69) is 0 Å². The molecular formula is C11H18O2S. The van der Waals surface area contributed by atoms with E-state index < -0.39 is 11.7 Å². The SMILES string of the molecule is CCC(C)(OC)C(O)c1ccc(C)s1. The molecule has 0 bridgehead atoms. The standard InChI is InChI=1S/C11H18O2S/c1-5-11(3,13-4)10(12)9-7-6-8(2)14-9/h6-7,10,12H,5H2,1-4H3. The molecule has 3 heteroatoms. The van der Waals surface area contributed by atoms with Gasteiger partial charge in [-0.1, -0.05) is 6.92 Å². The van der Waals surface area contributed by atoms with Gasteiger partial charge < -0.3 is 9.84 Å². The van der Waals surface area contributed by atoms with Gasteiger partial charge in [0.2, 0.25) is 0 Å². The number of aliphatic hydroxyl groups excluding tert-OH is 1. The molecule has 1 rings (SSSR count). The minimum absolute atomic E-state index is 0.475. The molecule has 1 N–H and O–H groups in total. The summed E-state index contributed by atoms with van der Waals surface area (Å²) < 4.78 is 5.37. The summed E-state index contributed by atoms with van der Waals surface area (Å²) in [6.45, 7) is 6.00. The summed E-state index contributed by atoms with van der Waals surface area (Å²) in [6, 6.07) is 3.99. The Bertz CT molecular complexity index is 289. The fourth-order valence-electron chi connectivity index (χ4n) is 1.35. The number of aliphatic hydroxyl groups is 1. The molecule has 1 heterocycles. The zero-order chi connectivity index (χ0) is 10.8. The first-order valence-corrected chi connectivity index (χ1v) is 5.64. The van der Waals surface area contributed by atoms with Gasteiger partial charge in [0.25, 0.3) is 0 Å². The van der Waals surface area contributed by atoms with Crippen LogP contribution < -0.4 is 0 Å². The van der Waals surface area contributed by atoms with Crippen LogP contribution >= 0.6 is 11.3 Å². The average Bonchev–Trinajstić information content (AvgIpc) is 2.62. The Morgan fingerprint density at radius 1 is 1.57 bits per heavy atom. The molecule has 14 heavy (non-hydrogen) atoms. The second-order valence-corrected chi connectivity index (χ2v) is 5.04. The summed E-state index contributed by atoms with van der Waals surface area (Å²) in [4.78, 5) is 2.20. The van der Waals surface area contributed by atoms with E-state index >= 15 is 0 Å². The van der Waals surface area contributed by atoms with Crippen LogP contribution in [0.15, 0.2) is 12.1 Å². The third-order valence-corrected chi connectivity index (χ3v) is 3.83. The second kappa shape index (κ2) is 4.43. The quantitative estimate of drug-likeness (QED) is 0.835. The van der Waals surface area contributed by atoms with Gasteiger partial charge in [-0.3, -0.25) is 0 Å². The van der Waals surface area contributed by atoms with Crippen LogP contribution in [-0.2, 0) is 4.74 Å². The van der Waals surface area contributed by atoms with E-state index in [1.807, 2.05) is 32.9 Å². The maximum absolute atomic E-state index is 10.1. The number of thiophene rings is 1. The highest BCUT2D eigenvalue weighted by Crippen LogP contribution is 2.34. The van der Waals surface area contributed by atoms with Crippen molar-refractivity contribution in [2.24, 2.45) is 0 Å². The molecule has 2 atom stereocenters. The molecule has 0 aliphatic heterocycles.